The minimum atomic E-state index is 0.177. The Morgan fingerprint density at radius 1 is 1.12 bits per heavy atom. The lowest BCUT2D eigenvalue weighted by Gasteiger charge is -2.26. The molecule has 0 bridgehead atoms. The third-order valence-electron chi connectivity index (χ3n) is 3.24. The molecule has 0 aromatic carbocycles. The molecule has 0 aromatic rings. The highest BCUT2D eigenvalue weighted by Crippen LogP contribution is 2.09. The standard InChI is InChI=1S/C13H26N2O/c1-2-13(16)14-9-5-3-6-10-15-11-7-4-8-12-15/h2-12H2,1H3,(H,14,16). The molecule has 3 heteroatoms. The van der Waals surface area contributed by atoms with Crippen LogP contribution in [0.25, 0.3) is 0 Å². The number of rotatable bonds is 7. The van der Waals surface area contributed by atoms with Gasteiger partial charge in [0.25, 0.3) is 0 Å². The molecule has 3 nitrogen and oxygen atoms in total. The lowest BCUT2D eigenvalue weighted by molar-refractivity contribution is -0.120. The fourth-order valence-electron chi connectivity index (χ4n) is 2.17. The largest absolute Gasteiger partial charge is 0.356 e. The summed E-state index contributed by atoms with van der Waals surface area (Å²) >= 11 is 0. The first kappa shape index (κ1) is 13.5. The van der Waals surface area contributed by atoms with Crippen molar-refractivity contribution in [1.82, 2.24) is 10.2 Å². The Bertz CT molecular complexity index is 188. The van der Waals surface area contributed by atoms with Crippen LogP contribution in [0, 0.1) is 0 Å². The quantitative estimate of drug-likeness (QED) is 0.675. The van der Waals surface area contributed by atoms with Gasteiger partial charge in [-0.3, -0.25) is 4.79 Å². The van der Waals surface area contributed by atoms with Crippen LogP contribution in [0.4, 0.5) is 0 Å². The number of likely N-dealkylation sites (tertiary alicyclic amines) is 1. The highest BCUT2D eigenvalue weighted by molar-refractivity contribution is 5.75. The molecule has 1 aliphatic heterocycles. The van der Waals surface area contributed by atoms with Crippen molar-refractivity contribution < 1.29 is 4.79 Å². The van der Waals surface area contributed by atoms with Gasteiger partial charge in [0, 0.05) is 13.0 Å². The Balaban J connectivity index is 1.85. The summed E-state index contributed by atoms with van der Waals surface area (Å²) in [5, 5.41) is 2.92. The molecule has 0 radical (unpaired) electrons. The van der Waals surface area contributed by atoms with Crippen molar-refractivity contribution in [3.63, 3.8) is 0 Å². The topological polar surface area (TPSA) is 32.3 Å². The van der Waals surface area contributed by atoms with Crippen LogP contribution in [-0.2, 0) is 4.79 Å². The highest BCUT2D eigenvalue weighted by atomic mass is 16.1. The lowest BCUT2D eigenvalue weighted by atomic mass is 10.1. The molecule has 0 atom stereocenters. The first-order valence-corrected chi connectivity index (χ1v) is 6.82. The number of carbonyl (C=O) groups is 1. The van der Waals surface area contributed by atoms with E-state index >= 15 is 0 Å². The highest BCUT2D eigenvalue weighted by Gasteiger charge is 2.08. The molecule has 1 rings (SSSR count). The summed E-state index contributed by atoms with van der Waals surface area (Å²) in [6.07, 6.45) is 8.43. The molecule has 0 saturated carbocycles. The third kappa shape index (κ3) is 6.11. The zero-order valence-electron chi connectivity index (χ0n) is 10.6. The lowest BCUT2D eigenvalue weighted by Crippen LogP contribution is -2.30. The summed E-state index contributed by atoms with van der Waals surface area (Å²) in [5.74, 6) is 0.177. The zero-order chi connectivity index (χ0) is 11.6. The number of amides is 1. The van der Waals surface area contributed by atoms with Gasteiger partial charge >= 0.3 is 0 Å². The number of nitrogens with one attached hydrogen (secondary N) is 1. The van der Waals surface area contributed by atoms with Gasteiger partial charge in [0.1, 0.15) is 0 Å². The van der Waals surface area contributed by atoms with Crippen molar-refractivity contribution in [1.29, 1.82) is 0 Å². The van der Waals surface area contributed by atoms with Crippen molar-refractivity contribution in [2.45, 2.75) is 51.9 Å². The summed E-state index contributed by atoms with van der Waals surface area (Å²) in [7, 11) is 0. The fraction of sp³-hybridized carbons (Fsp3) is 0.923. The Morgan fingerprint density at radius 3 is 2.56 bits per heavy atom. The van der Waals surface area contributed by atoms with E-state index in [0.717, 1.165) is 13.0 Å². The molecule has 0 aliphatic carbocycles. The molecule has 0 unspecified atom stereocenters. The average Bonchev–Trinajstić information content (AvgIpc) is 2.34. The van der Waals surface area contributed by atoms with E-state index in [-0.39, 0.29) is 5.91 Å². The van der Waals surface area contributed by atoms with Crippen molar-refractivity contribution in [2.24, 2.45) is 0 Å². The second-order valence-corrected chi connectivity index (χ2v) is 4.67. The second kappa shape index (κ2) is 8.57. The predicted molar refractivity (Wildman–Crippen MR) is 67.4 cm³/mol. The molecule has 1 amide bonds. The number of hydrogen-bond acceptors (Lipinski definition) is 2. The van der Waals surface area contributed by atoms with Gasteiger partial charge in [-0.25, -0.2) is 0 Å². The minimum Gasteiger partial charge on any atom is -0.356 e. The van der Waals surface area contributed by atoms with Crippen molar-refractivity contribution in [3.8, 4) is 0 Å². The van der Waals surface area contributed by atoms with Gasteiger partial charge in [-0.15, -0.1) is 0 Å². The van der Waals surface area contributed by atoms with Gasteiger partial charge in [0.15, 0.2) is 0 Å². The molecule has 1 N–H and O–H groups in total. The average molecular weight is 226 g/mol. The van der Waals surface area contributed by atoms with Crippen LogP contribution in [0.3, 0.4) is 0 Å². The first-order chi connectivity index (χ1) is 7.83. The number of carbonyl (C=O) groups excluding carboxylic acids is 1. The first-order valence-electron chi connectivity index (χ1n) is 6.82. The maximum atomic E-state index is 11.0. The van der Waals surface area contributed by atoms with Crippen LogP contribution in [0.2, 0.25) is 0 Å². The second-order valence-electron chi connectivity index (χ2n) is 4.67. The molecule has 0 spiro atoms. The summed E-state index contributed by atoms with van der Waals surface area (Å²) < 4.78 is 0. The van der Waals surface area contributed by atoms with E-state index in [9.17, 15) is 4.79 Å². The Hall–Kier alpha value is -0.570. The Kier molecular flexibility index (Phi) is 7.23. The molecule has 0 aromatic heterocycles. The van der Waals surface area contributed by atoms with Crippen LogP contribution in [0.15, 0.2) is 0 Å². The minimum absolute atomic E-state index is 0.177. The number of nitrogens with zero attached hydrogens (tertiary/aromatic N) is 1. The van der Waals surface area contributed by atoms with Crippen molar-refractivity contribution >= 4 is 5.91 Å². The molecule has 1 saturated heterocycles. The van der Waals surface area contributed by atoms with Crippen LogP contribution in [0.5, 0.6) is 0 Å². The van der Waals surface area contributed by atoms with Crippen LogP contribution < -0.4 is 5.32 Å². The van der Waals surface area contributed by atoms with Gasteiger partial charge < -0.3 is 10.2 Å². The Labute approximate surface area is 99.6 Å². The maximum Gasteiger partial charge on any atom is 0.219 e. The molecule has 1 heterocycles. The monoisotopic (exact) mass is 226 g/mol. The molecular formula is C13H26N2O. The van der Waals surface area contributed by atoms with Crippen molar-refractivity contribution in [2.75, 3.05) is 26.2 Å². The fourth-order valence-corrected chi connectivity index (χ4v) is 2.17. The predicted octanol–water partition coefficient (Wildman–Crippen LogP) is 2.17. The smallest absolute Gasteiger partial charge is 0.219 e. The van der Waals surface area contributed by atoms with Crippen LogP contribution in [-0.4, -0.2) is 37.0 Å². The molecule has 16 heavy (non-hydrogen) atoms. The van der Waals surface area contributed by atoms with Gasteiger partial charge in [-0.05, 0) is 45.3 Å². The van der Waals surface area contributed by atoms with Crippen molar-refractivity contribution in [3.05, 3.63) is 0 Å². The molecular weight excluding hydrogens is 200 g/mol. The number of hydrogen-bond donors (Lipinski definition) is 1. The number of unbranched alkanes of at least 4 members (excludes halogenated alkanes) is 2. The summed E-state index contributed by atoms with van der Waals surface area (Å²) in [4.78, 5) is 13.5. The summed E-state index contributed by atoms with van der Waals surface area (Å²) in [6.45, 7) is 6.60. The van der Waals surface area contributed by atoms with E-state index in [1.54, 1.807) is 0 Å². The van der Waals surface area contributed by atoms with E-state index in [1.165, 1.54) is 51.7 Å². The third-order valence-corrected chi connectivity index (χ3v) is 3.24. The zero-order valence-corrected chi connectivity index (χ0v) is 10.6. The summed E-state index contributed by atoms with van der Waals surface area (Å²) in [5.41, 5.74) is 0. The van der Waals surface area contributed by atoms with Gasteiger partial charge in [0.05, 0.1) is 0 Å². The van der Waals surface area contributed by atoms with E-state index in [2.05, 4.69) is 10.2 Å². The van der Waals surface area contributed by atoms with Crippen LogP contribution in [0.1, 0.15) is 51.9 Å². The maximum absolute atomic E-state index is 11.0. The molecule has 94 valence electrons. The van der Waals surface area contributed by atoms with E-state index in [0.29, 0.717) is 6.42 Å². The SMILES string of the molecule is CCC(=O)NCCCCCN1CCCCC1. The van der Waals surface area contributed by atoms with E-state index < -0.39 is 0 Å². The number of piperidine rings is 1. The summed E-state index contributed by atoms with van der Waals surface area (Å²) in [6, 6.07) is 0. The van der Waals surface area contributed by atoms with Crippen LogP contribution >= 0.6 is 0 Å². The normalized spacial score (nSPS) is 17.3. The van der Waals surface area contributed by atoms with E-state index in [4.69, 9.17) is 0 Å². The van der Waals surface area contributed by atoms with E-state index in [1.807, 2.05) is 6.92 Å². The molecule has 1 fully saturated rings. The molecule has 1 aliphatic rings. The Morgan fingerprint density at radius 2 is 1.88 bits per heavy atom. The van der Waals surface area contributed by atoms with Gasteiger partial charge in [0.2, 0.25) is 5.91 Å². The van der Waals surface area contributed by atoms with Gasteiger partial charge in [-0.2, -0.15) is 0 Å². The van der Waals surface area contributed by atoms with Gasteiger partial charge in [-0.1, -0.05) is 19.8 Å².